The van der Waals surface area contributed by atoms with Crippen LogP contribution < -0.4 is 10.2 Å². The fraction of sp³-hybridized carbons (Fsp3) is 0.526. The Morgan fingerprint density at radius 3 is 2.62 bits per heavy atom. The Bertz CT molecular complexity index is 629. The number of benzene rings is 1. The number of ether oxygens (including phenoxy) is 2. The Kier molecular flexibility index (Phi) is 7.59. The van der Waals surface area contributed by atoms with Crippen LogP contribution in [-0.2, 0) is 25.6 Å². The third-order valence-electron chi connectivity index (χ3n) is 4.51. The smallest absolute Gasteiger partial charge is 0.337 e. The summed E-state index contributed by atoms with van der Waals surface area (Å²) >= 11 is 0. The van der Waals surface area contributed by atoms with Crippen LogP contribution in [0, 0.1) is 5.92 Å². The summed E-state index contributed by atoms with van der Waals surface area (Å²) < 4.78 is 9.74. The molecule has 1 saturated heterocycles. The predicted molar refractivity (Wildman–Crippen MR) is 94.5 cm³/mol. The lowest BCUT2D eigenvalue weighted by Gasteiger charge is -2.28. The van der Waals surface area contributed by atoms with Gasteiger partial charge >= 0.3 is 11.9 Å². The average molecular weight is 363 g/mol. The van der Waals surface area contributed by atoms with Crippen molar-refractivity contribution >= 4 is 17.8 Å². The number of piperidine rings is 1. The van der Waals surface area contributed by atoms with E-state index in [1.54, 1.807) is 31.2 Å². The Morgan fingerprint density at radius 2 is 1.96 bits per heavy atom. The van der Waals surface area contributed by atoms with E-state index in [0.29, 0.717) is 31.8 Å². The Hall–Kier alpha value is -2.41. The lowest BCUT2D eigenvalue weighted by atomic mass is 9.98. The standard InChI is InChI=1S/C19H26N2O5/c1-3-26-19(24)16-5-4-10-21(12-16)13-17(22)20-11-14-6-8-15(9-7-14)18(23)25-2/h6-9,16H,3-5,10-13H2,1-2H3,(H,20,22)/p+1/t16-/m1/s1. The molecule has 142 valence electrons. The first-order valence-corrected chi connectivity index (χ1v) is 8.97. The molecule has 1 heterocycles. The van der Waals surface area contributed by atoms with E-state index in [0.717, 1.165) is 29.8 Å². The maximum absolute atomic E-state index is 12.2. The molecule has 1 unspecified atom stereocenters. The van der Waals surface area contributed by atoms with Crippen LogP contribution in [-0.4, -0.2) is 51.2 Å². The highest BCUT2D eigenvalue weighted by molar-refractivity contribution is 5.89. The zero-order valence-corrected chi connectivity index (χ0v) is 15.4. The van der Waals surface area contributed by atoms with Gasteiger partial charge in [-0.15, -0.1) is 0 Å². The number of rotatable bonds is 7. The van der Waals surface area contributed by atoms with Crippen molar-refractivity contribution in [2.24, 2.45) is 5.92 Å². The molecule has 2 N–H and O–H groups in total. The predicted octanol–water partition coefficient (Wildman–Crippen LogP) is -0.0526. The lowest BCUT2D eigenvalue weighted by molar-refractivity contribution is -0.899. The van der Waals surface area contributed by atoms with E-state index in [1.807, 2.05) is 0 Å². The van der Waals surface area contributed by atoms with Crippen LogP contribution in [0.5, 0.6) is 0 Å². The van der Waals surface area contributed by atoms with E-state index in [9.17, 15) is 14.4 Å². The van der Waals surface area contributed by atoms with Crippen molar-refractivity contribution in [3.63, 3.8) is 0 Å². The van der Waals surface area contributed by atoms with Crippen LogP contribution in [0.2, 0.25) is 0 Å². The highest BCUT2D eigenvalue weighted by atomic mass is 16.5. The van der Waals surface area contributed by atoms with Crippen molar-refractivity contribution in [3.05, 3.63) is 35.4 Å². The van der Waals surface area contributed by atoms with E-state index in [4.69, 9.17) is 4.74 Å². The van der Waals surface area contributed by atoms with Gasteiger partial charge in [0.2, 0.25) is 0 Å². The van der Waals surface area contributed by atoms with Gasteiger partial charge in [0.15, 0.2) is 6.54 Å². The van der Waals surface area contributed by atoms with Crippen molar-refractivity contribution in [1.29, 1.82) is 0 Å². The molecule has 1 aliphatic rings. The van der Waals surface area contributed by atoms with Gasteiger partial charge < -0.3 is 19.7 Å². The van der Waals surface area contributed by atoms with Gasteiger partial charge in [-0.25, -0.2) is 4.79 Å². The molecule has 2 atom stereocenters. The quantitative estimate of drug-likeness (QED) is 0.664. The average Bonchev–Trinajstić information content (AvgIpc) is 2.66. The number of esters is 2. The number of likely N-dealkylation sites (tertiary alicyclic amines) is 1. The van der Waals surface area contributed by atoms with Gasteiger partial charge in [0.25, 0.3) is 5.91 Å². The number of quaternary nitrogens is 1. The summed E-state index contributed by atoms with van der Waals surface area (Å²) in [5.74, 6) is -0.708. The molecule has 0 radical (unpaired) electrons. The number of hydrogen-bond donors (Lipinski definition) is 2. The molecule has 2 rings (SSSR count). The third kappa shape index (κ3) is 5.84. The topological polar surface area (TPSA) is 86.1 Å². The SMILES string of the molecule is CCOC(=O)[C@@H]1CCC[NH+](CC(=O)NCc2ccc(C(=O)OC)cc2)C1. The zero-order chi connectivity index (χ0) is 18.9. The Balaban J connectivity index is 1.77. The summed E-state index contributed by atoms with van der Waals surface area (Å²) in [6, 6.07) is 6.93. The summed E-state index contributed by atoms with van der Waals surface area (Å²) in [7, 11) is 1.34. The van der Waals surface area contributed by atoms with E-state index < -0.39 is 0 Å². The molecular weight excluding hydrogens is 336 g/mol. The van der Waals surface area contributed by atoms with Gasteiger partial charge in [0.1, 0.15) is 5.92 Å². The molecular formula is C19H27N2O5+. The maximum atomic E-state index is 12.2. The molecule has 7 nitrogen and oxygen atoms in total. The van der Waals surface area contributed by atoms with Gasteiger partial charge in [-0.1, -0.05) is 12.1 Å². The largest absolute Gasteiger partial charge is 0.466 e. The molecule has 7 heteroatoms. The minimum absolute atomic E-state index is 0.0541. The molecule has 0 spiro atoms. The monoisotopic (exact) mass is 363 g/mol. The van der Waals surface area contributed by atoms with Crippen LogP contribution in [0.1, 0.15) is 35.7 Å². The number of hydrogen-bond acceptors (Lipinski definition) is 5. The summed E-state index contributed by atoms with van der Waals surface area (Å²) in [5, 5.41) is 2.89. The van der Waals surface area contributed by atoms with Crippen LogP contribution in [0.15, 0.2) is 24.3 Å². The van der Waals surface area contributed by atoms with Gasteiger partial charge in [0.05, 0.1) is 32.4 Å². The Labute approximate surface area is 153 Å². The van der Waals surface area contributed by atoms with Gasteiger partial charge in [-0.3, -0.25) is 9.59 Å². The Morgan fingerprint density at radius 1 is 1.23 bits per heavy atom. The molecule has 0 aromatic heterocycles. The van der Waals surface area contributed by atoms with Crippen molar-refractivity contribution in [2.45, 2.75) is 26.3 Å². The molecule has 1 aromatic carbocycles. The molecule has 26 heavy (non-hydrogen) atoms. The first-order valence-electron chi connectivity index (χ1n) is 8.97. The second-order valence-corrected chi connectivity index (χ2v) is 6.44. The highest BCUT2D eigenvalue weighted by Gasteiger charge is 2.30. The molecule has 1 amide bonds. The summed E-state index contributed by atoms with van der Waals surface area (Å²) in [6.45, 7) is 4.46. The van der Waals surface area contributed by atoms with Crippen LogP contribution >= 0.6 is 0 Å². The number of carbonyl (C=O) groups is 3. The zero-order valence-electron chi connectivity index (χ0n) is 15.4. The van der Waals surface area contributed by atoms with Crippen molar-refractivity contribution in [1.82, 2.24) is 5.32 Å². The highest BCUT2D eigenvalue weighted by Crippen LogP contribution is 2.09. The number of amides is 1. The van der Waals surface area contributed by atoms with E-state index in [1.165, 1.54) is 7.11 Å². The van der Waals surface area contributed by atoms with E-state index in [2.05, 4.69) is 10.1 Å². The molecule has 0 aliphatic carbocycles. The fourth-order valence-corrected chi connectivity index (χ4v) is 3.14. The normalized spacial score (nSPS) is 19.5. The van der Waals surface area contributed by atoms with Crippen LogP contribution in [0.4, 0.5) is 0 Å². The van der Waals surface area contributed by atoms with Gasteiger partial charge in [-0.2, -0.15) is 0 Å². The fourth-order valence-electron chi connectivity index (χ4n) is 3.14. The number of methoxy groups -OCH3 is 1. The third-order valence-corrected chi connectivity index (χ3v) is 4.51. The number of nitrogens with one attached hydrogen (secondary N) is 2. The molecule has 1 aromatic rings. The minimum Gasteiger partial charge on any atom is -0.466 e. The van der Waals surface area contributed by atoms with Crippen molar-refractivity contribution in [3.8, 4) is 0 Å². The first-order chi connectivity index (χ1) is 12.5. The molecule has 0 saturated carbocycles. The summed E-state index contributed by atoms with van der Waals surface area (Å²) in [6.07, 6.45) is 1.75. The lowest BCUT2D eigenvalue weighted by Crippen LogP contribution is -3.14. The molecule has 0 bridgehead atoms. The number of carbonyl (C=O) groups excluding carboxylic acids is 3. The summed E-state index contributed by atoms with van der Waals surface area (Å²) in [4.78, 5) is 36.6. The van der Waals surface area contributed by atoms with Crippen LogP contribution in [0.25, 0.3) is 0 Å². The second kappa shape index (κ2) is 9.91. The van der Waals surface area contributed by atoms with Gasteiger partial charge in [0, 0.05) is 6.54 Å². The van der Waals surface area contributed by atoms with Crippen LogP contribution in [0.3, 0.4) is 0 Å². The van der Waals surface area contributed by atoms with Gasteiger partial charge in [-0.05, 0) is 37.5 Å². The summed E-state index contributed by atoms with van der Waals surface area (Å²) in [5.41, 5.74) is 1.38. The van der Waals surface area contributed by atoms with Crippen molar-refractivity contribution < 1.29 is 28.8 Å². The second-order valence-electron chi connectivity index (χ2n) is 6.44. The molecule has 1 aliphatic heterocycles. The van der Waals surface area contributed by atoms with E-state index in [-0.39, 0.29) is 23.8 Å². The maximum Gasteiger partial charge on any atom is 0.337 e. The van der Waals surface area contributed by atoms with Crippen molar-refractivity contribution in [2.75, 3.05) is 33.4 Å². The van der Waals surface area contributed by atoms with E-state index >= 15 is 0 Å². The first kappa shape index (κ1) is 19.9. The molecule has 1 fully saturated rings. The minimum atomic E-state index is -0.384.